The lowest BCUT2D eigenvalue weighted by molar-refractivity contribution is -0.897. The highest BCUT2D eigenvalue weighted by atomic mass is 79.9. The van der Waals surface area contributed by atoms with Crippen LogP contribution in [0, 0.1) is 0 Å². The number of likely N-dealkylation sites (tertiary alicyclic amines) is 1. The van der Waals surface area contributed by atoms with Crippen LogP contribution in [-0.2, 0) is 10.2 Å². The summed E-state index contributed by atoms with van der Waals surface area (Å²) in [5, 5.41) is 0. The first-order chi connectivity index (χ1) is 13.5. The van der Waals surface area contributed by atoms with Crippen molar-refractivity contribution in [1.29, 1.82) is 0 Å². The van der Waals surface area contributed by atoms with Crippen molar-refractivity contribution < 1.29 is 40.9 Å². The van der Waals surface area contributed by atoms with Crippen LogP contribution in [-0.4, -0.2) is 45.4 Å². The number of carbonyl (C=O) groups excluding carboxylic acids is 2. The number of methoxy groups -OCH3 is 2. The zero-order valence-electron chi connectivity index (χ0n) is 17.2. The zero-order chi connectivity index (χ0) is 20.1. The van der Waals surface area contributed by atoms with Gasteiger partial charge in [-0.25, -0.2) is 0 Å². The summed E-state index contributed by atoms with van der Waals surface area (Å²) in [5.74, 6) is 1.45. The number of rotatable bonds is 7. The molecule has 0 aromatic heterocycles. The lowest BCUT2D eigenvalue weighted by Gasteiger charge is -2.38. The molecule has 1 N–H and O–H groups in total. The second kappa shape index (κ2) is 10.0. The summed E-state index contributed by atoms with van der Waals surface area (Å²) >= 11 is 0. The monoisotopic (exact) mass is 461 g/mol. The molecule has 1 heterocycles. The minimum absolute atomic E-state index is 0. The molecule has 0 saturated carbocycles. The van der Waals surface area contributed by atoms with E-state index in [4.69, 9.17) is 9.47 Å². The number of halogens is 1. The van der Waals surface area contributed by atoms with Crippen LogP contribution in [0.5, 0.6) is 11.5 Å². The van der Waals surface area contributed by atoms with Crippen molar-refractivity contribution in [2.24, 2.45) is 0 Å². The van der Waals surface area contributed by atoms with Crippen LogP contribution in [0.4, 0.5) is 0 Å². The van der Waals surface area contributed by atoms with Crippen molar-refractivity contribution >= 4 is 11.6 Å². The largest absolute Gasteiger partial charge is 1.00 e. The van der Waals surface area contributed by atoms with E-state index in [1.54, 1.807) is 39.3 Å². The highest BCUT2D eigenvalue weighted by Gasteiger charge is 2.42. The topological polar surface area (TPSA) is 57.0 Å². The number of Topliss-reactive ketones (excluding diaryl/α,β-unsaturated/α-hetero) is 2. The molecule has 1 aliphatic heterocycles. The first kappa shape index (κ1) is 23.1. The van der Waals surface area contributed by atoms with Gasteiger partial charge in [0.25, 0.3) is 0 Å². The standard InChI is InChI=1S/C23H27NO4.BrH/c1-17(25)23(18-7-5-4-6-8-18)11-13-24(14-12-23)16-21(26)20-10-9-19(27-2)15-22(20)28-3;/h4-10,15H,11-14,16H2,1-3H3;1H. The Morgan fingerprint density at radius 2 is 1.66 bits per heavy atom. The van der Waals surface area contributed by atoms with E-state index in [2.05, 4.69) is 0 Å². The van der Waals surface area contributed by atoms with Gasteiger partial charge in [0.15, 0.2) is 0 Å². The number of hydrogen-bond acceptors (Lipinski definition) is 4. The van der Waals surface area contributed by atoms with Gasteiger partial charge in [0, 0.05) is 18.9 Å². The van der Waals surface area contributed by atoms with Gasteiger partial charge in [-0.1, -0.05) is 30.3 Å². The van der Waals surface area contributed by atoms with Gasteiger partial charge in [0.2, 0.25) is 5.78 Å². The van der Waals surface area contributed by atoms with E-state index in [1.807, 2.05) is 30.3 Å². The van der Waals surface area contributed by atoms with Crippen LogP contribution in [0.15, 0.2) is 48.5 Å². The fourth-order valence-electron chi connectivity index (χ4n) is 4.16. The molecule has 0 amide bonds. The van der Waals surface area contributed by atoms with Crippen LogP contribution in [0.1, 0.15) is 35.7 Å². The van der Waals surface area contributed by atoms with E-state index in [9.17, 15) is 9.59 Å². The molecule has 5 nitrogen and oxygen atoms in total. The normalized spacial score (nSPS) is 21.0. The van der Waals surface area contributed by atoms with Gasteiger partial charge in [0.1, 0.15) is 23.8 Å². The Labute approximate surface area is 182 Å². The first-order valence-electron chi connectivity index (χ1n) is 9.65. The van der Waals surface area contributed by atoms with Crippen molar-refractivity contribution in [3.63, 3.8) is 0 Å². The van der Waals surface area contributed by atoms with Gasteiger partial charge in [-0.3, -0.25) is 9.59 Å². The molecule has 29 heavy (non-hydrogen) atoms. The predicted molar refractivity (Wildman–Crippen MR) is 107 cm³/mol. The van der Waals surface area contributed by atoms with E-state index in [1.165, 1.54) is 4.90 Å². The lowest BCUT2D eigenvalue weighted by atomic mass is 9.70. The summed E-state index contributed by atoms with van der Waals surface area (Å²) in [6.45, 7) is 3.66. The molecule has 3 rings (SSSR count). The van der Waals surface area contributed by atoms with E-state index in [-0.39, 0.29) is 28.5 Å². The van der Waals surface area contributed by atoms with Crippen molar-refractivity contribution in [2.45, 2.75) is 25.2 Å². The molecule has 0 aliphatic carbocycles. The Hall–Kier alpha value is -2.18. The molecule has 2 aromatic rings. The summed E-state index contributed by atoms with van der Waals surface area (Å²) in [4.78, 5) is 26.6. The van der Waals surface area contributed by atoms with Gasteiger partial charge in [0.05, 0.1) is 38.3 Å². The number of carbonyl (C=O) groups is 2. The Morgan fingerprint density at radius 3 is 2.21 bits per heavy atom. The van der Waals surface area contributed by atoms with Gasteiger partial charge < -0.3 is 31.4 Å². The molecule has 0 bridgehead atoms. The SMILES string of the molecule is COc1ccc(C(=O)C[NH+]2CCC(C(C)=O)(c3ccccc3)CC2)c(OC)c1.[Br-]. The van der Waals surface area contributed by atoms with Crippen LogP contribution >= 0.6 is 0 Å². The molecule has 6 heteroatoms. The Balaban J connectivity index is 0.00000300. The lowest BCUT2D eigenvalue weighted by Crippen LogP contribution is -3.14. The Bertz CT molecular complexity index is 845. The summed E-state index contributed by atoms with van der Waals surface area (Å²) in [5.41, 5.74) is 1.23. The number of ether oxygens (including phenoxy) is 2. The van der Waals surface area contributed by atoms with Gasteiger partial charge in [-0.05, 0) is 24.6 Å². The van der Waals surface area contributed by atoms with Crippen LogP contribution in [0.3, 0.4) is 0 Å². The molecule has 0 atom stereocenters. The number of benzene rings is 2. The Kier molecular flexibility index (Phi) is 7.99. The quantitative estimate of drug-likeness (QED) is 0.542. The molecule has 0 radical (unpaired) electrons. The number of ketones is 2. The first-order valence-corrected chi connectivity index (χ1v) is 9.65. The molecule has 0 unspecified atom stereocenters. The third-order valence-corrected chi connectivity index (χ3v) is 5.93. The third kappa shape index (κ3) is 4.87. The van der Waals surface area contributed by atoms with E-state index < -0.39 is 5.41 Å². The molecule has 1 aliphatic rings. The molecule has 1 fully saturated rings. The van der Waals surface area contributed by atoms with Crippen LogP contribution in [0.25, 0.3) is 0 Å². The van der Waals surface area contributed by atoms with Crippen molar-refractivity contribution in [1.82, 2.24) is 0 Å². The molecular formula is C23H28BrNO4. The fourth-order valence-corrected chi connectivity index (χ4v) is 4.16. The molecular weight excluding hydrogens is 434 g/mol. The highest BCUT2D eigenvalue weighted by molar-refractivity contribution is 5.99. The van der Waals surface area contributed by atoms with Gasteiger partial charge in [-0.2, -0.15) is 0 Å². The highest BCUT2D eigenvalue weighted by Crippen LogP contribution is 2.33. The van der Waals surface area contributed by atoms with Crippen LogP contribution in [0.2, 0.25) is 0 Å². The number of nitrogens with one attached hydrogen (secondary N) is 1. The second-order valence-electron chi connectivity index (χ2n) is 7.42. The summed E-state index contributed by atoms with van der Waals surface area (Å²) in [7, 11) is 3.14. The zero-order valence-corrected chi connectivity index (χ0v) is 18.8. The summed E-state index contributed by atoms with van der Waals surface area (Å²) in [6, 6.07) is 15.3. The second-order valence-corrected chi connectivity index (χ2v) is 7.42. The minimum Gasteiger partial charge on any atom is -1.00 e. The average molecular weight is 462 g/mol. The molecule has 1 saturated heterocycles. The number of piperidine rings is 1. The van der Waals surface area contributed by atoms with Gasteiger partial charge >= 0.3 is 0 Å². The average Bonchev–Trinajstić information content (AvgIpc) is 2.74. The van der Waals surface area contributed by atoms with Crippen molar-refractivity contribution in [3.8, 4) is 11.5 Å². The maximum absolute atomic E-state index is 12.8. The fraction of sp³-hybridized carbons (Fsp3) is 0.391. The maximum atomic E-state index is 12.8. The summed E-state index contributed by atoms with van der Waals surface area (Å²) < 4.78 is 10.6. The Morgan fingerprint density at radius 1 is 1.00 bits per heavy atom. The van der Waals surface area contributed by atoms with Gasteiger partial charge in [-0.15, -0.1) is 0 Å². The van der Waals surface area contributed by atoms with Crippen molar-refractivity contribution in [3.05, 3.63) is 59.7 Å². The minimum atomic E-state index is -0.425. The maximum Gasteiger partial charge on any atom is 0.220 e. The molecule has 156 valence electrons. The van der Waals surface area contributed by atoms with E-state index in [0.717, 1.165) is 31.5 Å². The predicted octanol–water partition coefficient (Wildman–Crippen LogP) is -0.904. The van der Waals surface area contributed by atoms with E-state index >= 15 is 0 Å². The molecule has 0 spiro atoms. The van der Waals surface area contributed by atoms with E-state index in [0.29, 0.717) is 23.6 Å². The summed E-state index contributed by atoms with van der Waals surface area (Å²) in [6.07, 6.45) is 1.52. The third-order valence-electron chi connectivity index (χ3n) is 5.93. The number of hydrogen-bond donors (Lipinski definition) is 1. The molecule has 2 aromatic carbocycles. The number of quaternary nitrogens is 1. The van der Waals surface area contributed by atoms with Crippen molar-refractivity contribution in [2.75, 3.05) is 33.9 Å². The van der Waals surface area contributed by atoms with Crippen LogP contribution < -0.4 is 31.4 Å². The smallest absolute Gasteiger partial charge is 0.220 e.